The van der Waals surface area contributed by atoms with Crippen molar-refractivity contribution in [1.29, 1.82) is 0 Å². The summed E-state index contributed by atoms with van der Waals surface area (Å²) in [6, 6.07) is 25.4. The Labute approximate surface area is 335 Å². The number of aliphatic hydroxyl groups excluding tert-OH is 2. The molecule has 2 atom stereocenters. The van der Waals surface area contributed by atoms with Crippen molar-refractivity contribution in [2.45, 2.75) is 86.4 Å². The van der Waals surface area contributed by atoms with Crippen LogP contribution in [-0.2, 0) is 5.41 Å². The summed E-state index contributed by atoms with van der Waals surface area (Å²) < 4.78 is 0. The molecule has 5 heterocycles. The van der Waals surface area contributed by atoms with Gasteiger partial charge in [-0.1, -0.05) is 141 Å². The number of allylic oxidation sites excluding steroid dienone is 6. The van der Waals surface area contributed by atoms with Crippen molar-refractivity contribution in [2.24, 2.45) is 10.8 Å². The fraction of sp³-hybridized carbons (Fsp3) is 0.294. The highest BCUT2D eigenvalue weighted by molar-refractivity contribution is 6.04. The highest BCUT2D eigenvalue weighted by Crippen LogP contribution is 2.42. The van der Waals surface area contributed by atoms with Crippen LogP contribution in [-0.4, -0.2) is 37.4 Å². The van der Waals surface area contributed by atoms with Crippen molar-refractivity contribution in [1.82, 2.24) is 20.3 Å². The van der Waals surface area contributed by atoms with Crippen molar-refractivity contribution < 1.29 is 10.2 Å². The van der Waals surface area contributed by atoms with Gasteiger partial charge in [0.05, 0.1) is 22.4 Å². The number of hydrogen-bond donors (Lipinski definition) is 4. The Hall–Kier alpha value is -5.56. The molecule has 4 aliphatic rings. The minimum atomic E-state index is -0.927. The molecule has 2 aromatic carbocycles. The Morgan fingerprint density at radius 3 is 1.61 bits per heavy atom. The van der Waals surface area contributed by atoms with E-state index in [4.69, 9.17) is 9.97 Å². The molecular weight excluding hydrogens is 701 g/mol. The second-order valence-electron chi connectivity index (χ2n) is 19.1. The van der Waals surface area contributed by atoms with Gasteiger partial charge in [-0.3, -0.25) is 0 Å². The van der Waals surface area contributed by atoms with Crippen molar-refractivity contribution in [3.63, 3.8) is 0 Å². The summed E-state index contributed by atoms with van der Waals surface area (Å²) in [5.41, 5.74) is 13.2. The first-order valence-electron chi connectivity index (χ1n) is 20.1. The largest absolute Gasteiger partial charge is 0.384 e. The topological polar surface area (TPSA) is 94.1 Å². The van der Waals surface area contributed by atoms with E-state index in [9.17, 15) is 10.2 Å². The Bertz CT molecular complexity index is 2850. The van der Waals surface area contributed by atoms with E-state index in [2.05, 4.69) is 164 Å². The SMILES string of the molecule is CC(C)(C)C1=CC2=C3CC=C(N3)C(c3ccc(C(C)(C)C)cc3)=c3ccc([nH]3)=C3C=C(C(C)(C)C)C=C(c4ccc5ccc6ccc(nc6c5n4)C(=C1)C2O)C3O. The molecule has 6 nitrogen and oxygen atoms in total. The van der Waals surface area contributed by atoms with Crippen LogP contribution in [0.2, 0.25) is 0 Å². The molecule has 5 aromatic rings. The summed E-state index contributed by atoms with van der Waals surface area (Å²) >= 11 is 0. The van der Waals surface area contributed by atoms with Gasteiger partial charge in [-0.05, 0) is 62.8 Å². The predicted octanol–water partition coefficient (Wildman–Crippen LogP) is 9.06. The molecule has 2 aliphatic heterocycles. The number of nitrogens with zero attached hydrogens (tertiary/aromatic N) is 2. The smallest absolute Gasteiger partial charge is 0.108 e. The molecule has 0 saturated carbocycles. The second kappa shape index (κ2) is 13.0. The van der Waals surface area contributed by atoms with Gasteiger partial charge in [0.1, 0.15) is 12.2 Å². The summed E-state index contributed by atoms with van der Waals surface area (Å²) in [7, 11) is 0. The molecule has 0 amide bonds. The van der Waals surface area contributed by atoms with Gasteiger partial charge in [0.25, 0.3) is 0 Å². The minimum absolute atomic E-state index is 0.0118. The van der Waals surface area contributed by atoms with Gasteiger partial charge in [-0.15, -0.1) is 0 Å². The average Bonchev–Trinajstić information content (AvgIpc) is 3.84. The third-order valence-electron chi connectivity index (χ3n) is 12.0. The summed E-state index contributed by atoms with van der Waals surface area (Å²) in [5.74, 6) is 0. The fourth-order valence-electron chi connectivity index (χ4n) is 8.39. The molecule has 4 N–H and O–H groups in total. The van der Waals surface area contributed by atoms with Crippen LogP contribution < -0.4 is 16.0 Å². The number of H-pyrrole nitrogens is 1. The number of benzene rings is 2. The third kappa shape index (κ3) is 6.45. The molecule has 2 aliphatic carbocycles. The molecule has 0 radical (unpaired) electrons. The quantitative estimate of drug-likeness (QED) is 0.128. The Balaban J connectivity index is 1.37. The predicted molar refractivity (Wildman–Crippen MR) is 234 cm³/mol. The summed E-state index contributed by atoms with van der Waals surface area (Å²) in [5, 5.41) is 32.2. The number of pyridine rings is 2. The zero-order valence-electron chi connectivity index (χ0n) is 34.5. The number of fused-ring (bicyclic) bond motifs is 12. The standard InChI is InChI=1S/C51H52N4O2/c1-49(2,3)31-16-12-28(13-17-31)44-42-22-20-38(52-42)34-24-32(50(4,5)6)26-36(47(34)56)40-18-14-29-10-11-30-15-19-41(55-46(30)45(29)54-40)37-27-33(51(7,8)9)25-35(48(37)57)39-21-23-43(44)53-39/h10-20,22-27,47-48,52-53,56-57H,21H2,1-9H3. The molecule has 0 fully saturated rings. The maximum absolute atomic E-state index is 12.3. The highest BCUT2D eigenvalue weighted by atomic mass is 16.3. The fourth-order valence-corrected chi connectivity index (χ4v) is 8.39. The van der Waals surface area contributed by atoms with E-state index in [1.165, 1.54) is 5.56 Å². The third-order valence-corrected chi connectivity index (χ3v) is 12.0. The van der Waals surface area contributed by atoms with Gasteiger partial charge >= 0.3 is 0 Å². The van der Waals surface area contributed by atoms with E-state index >= 15 is 0 Å². The van der Waals surface area contributed by atoms with Gasteiger partial charge in [0.2, 0.25) is 0 Å². The lowest BCUT2D eigenvalue weighted by atomic mass is 9.78. The first kappa shape index (κ1) is 37.0. The molecule has 288 valence electrons. The van der Waals surface area contributed by atoms with Crippen LogP contribution in [0.15, 0.2) is 131 Å². The number of aliphatic hydroxyl groups is 2. The lowest BCUT2D eigenvalue weighted by Gasteiger charge is -2.30. The second-order valence-corrected chi connectivity index (χ2v) is 19.1. The Kier molecular flexibility index (Phi) is 8.44. The van der Waals surface area contributed by atoms with Gasteiger partial charge < -0.3 is 20.5 Å². The molecule has 6 heteroatoms. The van der Waals surface area contributed by atoms with Crippen molar-refractivity contribution in [3.05, 3.63) is 165 Å². The van der Waals surface area contributed by atoms with Crippen molar-refractivity contribution in [3.8, 4) is 0 Å². The Morgan fingerprint density at radius 1 is 0.561 bits per heavy atom. The highest BCUT2D eigenvalue weighted by Gasteiger charge is 2.32. The monoisotopic (exact) mass is 752 g/mol. The van der Waals surface area contributed by atoms with Crippen LogP contribution in [0.4, 0.5) is 0 Å². The molecule has 9 rings (SSSR count). The van der Waals surface area contributed by atoms with Crippen molar-refractivity contribution >= 4 is 44.1 Å². The van der Waals surface area contributed by atoms with E-state index in [0.717, 1.165) is 88.5 Å². The molecule has 57 heavy (non-hydrogen) atoms. The van der Waals surface area contributed by atoms with Crippen LogP contribution in [0.1, 0.15) is 91.2 Å². The van der Waals surface area contributed by atoms with Gasteiger partial charge in [-0.25, -0.2) is 9.97 Å². The molecule has 2 unspecified atom stereocenters. The van der Waals surface area contributed by atoms with E-state index in [1.807, 2.05) is 12.1 Å². The maximum atomic E-state index is 12.3. The molecule has 0 spiro atoms. The lowest BCUT2D eigenvalue weighted by Crippen LogP contribution is -2.27. The van der Waals surface area contributed by atoms with Gasteiger partial charge in [0, 0.05) is 67.2 Å². The lowest BCUT2D eigenvalue weighted by molar-refractivity contribution is 0.267. The zero-order valence-corrected chi connectivity index (χ0v) is 34.5. The number of hydrogen-bond acceptors (Lipinski definition) is 5. The summed E-state index contributed by atoms with van der Waals surface area (Å²) in [6.07, 6.45) is 9.56. The van der Waals surface area contributed by atoms with Crippen LogP contribution in [0.5, 0.6) is 0 Å². The van der Waals surface area contributed by atoms with Crippen LogP contribution in [0.25, 0.3) is 44.1 Å². The van der Waals surface area contributed by atoms with E-state index < -0.39 is 12.2 Å². The summed E-state index contributed by atoms with van der Waals surface area (Å²) in [4.78, 5) is 14.3. The first-order valence-corrected chi connectivity index (χ1v) is 20.1. The van der Waals surface area contributed by atoms with Crippen molar-refractivity contribution in [2.75, 3.05) is 0 Å². The molecule has 3 aromatic heterocycles. The van der Waals surface area contributed by atoms with Gasteiger partial charge in [-0.2, -0.15) is 0 Å². The van der Waals surface area contributed by atoms with Crippen LogP contribution in [0, 0.1) is 10.8 Å². The number of rotatable bonds is 1. The van der Waals surface area contributed by atoms with E-state index in [-0.39, 0.29) is 16.2 Å². The number of aromatic amines is 1. The van der Waals surface area contributed by atoms with Crippen LogP contribution in [0.3, 0.4) is 0 Å². The molecular formula is C51H52N4O2. The van der Waals surface area contributed by atoms with E-state index in [0.29, 0.717) is 17.8 Å². The number of aromatic nitrogens is 3. The average molecular weight is 753 g/mol. The maximum Gasteiger partial charge on any atom is 0.108 e. The summed E-state index contributed by atoms with van der Waals surface area (Å²) in [6.45, 7) is 19.9. The number of nitrogens with one attached hydrogen (secondary N) is 2. The van der Waals surface area contributed by atoms with Gasteiger partial charge in [0.15, 0.2) is 0 Å². The first-order chi connectivity index (χ1) is 26.9. The Morgan fingerprint density at radius 2 is 1.07 bits per heavy atom. The molecule has 12 bridgehead atoms. The van der Waals surface area contributed by atoms with E-state index in [1.54, 1.807) is 0 Å². The zero-order chi connectivity index (χ0) is 40.2. The molecule has 0 saturated heterocycles. The minimum Gasteiger partial charge on any atom is -0.384 e. The van der Waals surface area contributed by atoms with Crippen LogP contribution >= 0.6 is 0 Å². The normalized spacial score (nSPS) is 19.9.